The molecule has 2 heteroatoms. The molecule has 12 heavy (non-hydrogen) atoms. The summed E-state index contributed by atoms with van der Waals surface area (Å²) in [5, 5.41) is 3.22. The van der Waals surface area contributed by atoms with Gasteiger partial charge in [0.1, 0.15) is 6.29 Å². The lowest BCUT2D eigenvalue weighted by molar-refractivity contribution is -0.105. The van der Waals surface area contributed by atoms with E-state index in [0.29, 0.717) is 0 Å². The fourth-order valence-electron chi connectivity index (χ4n) is 1.80. The van der Waals surface area contributed by atoms with E-state index in [1.807, 2.05) is 0 Å². The van der Waals surface area contributed by atoms with Gasteiger partial charge in [-0.25, -0.2) is 0 Å². The number of hydrogen-bond donors (Lipinski definition) is 1. The number of aldehydes is 1. The van der Waals surface area contributed by atoms with E-state index in [4.69, 9.17) is 0 Å². The number of carbonyl (C=O) groups is 1. The topological polar surface area (TPSA) is 29.1 Å². The quantitative estimate of drug-likeness (QED) is 0.626. The van der Waals surface area contributed by atoms with Crippen LogP contribution in [0.25, 0.3) is 0 Å². The molecule has 0 saturated carbocycles. The number of allylic oxidation sites excluding steroid dienone is 2. The smallest absolute Gasteiger partial charge is 0.146 e. The normalized spacial score (nSPS) is 22.5. The Kier molecular flexibility index (Phi) is 1.98. The molecule has 64 valence electrons. The molecule has 0 atom stereocenters. The highest BCUT2D eigenvalue weighted by Gasteiger charge is 2.17. The summed E-state index contributed by atoms with van der Waals surface area (Å²) in [5.74, 6) is 0. The zero-order valence-corrected chi connectivity index (χ0v) is 7.10. The van der Waals surface area contributed by atoms with E-state index in [9.17, 15) is 4.79 Å². The fraction of sp³-hybridized carbons (Fsp3) is 0.500. The van der Waals surface area contributed by atoms with Crippen molar-refractivity contribution in [1.82, 2.24) is 5.32 Å². The van der Waals surface area contributed by atoms with E-state index < -0.39 is 0 Å². The van der Waals surface area contributed by atoms with Crippen LogP contribution in [0.1, 0.15) is 25.7 Å². The zero-order chi connectivity index (χ0) is 8.39. The van der Waals surface area contributed by atoms with Crippen LogP contribution in [0.3, 0.4) is 0 Å². The van der Waals surface area contributed by atoms with Gasteiger partial charge in [-0.1, -0.05) is 0 Å². The summed E-state index contributed by atoms with van der Waals surface area (Å²) in [5.41, 5.74) is 3.49. The molecule has 1 heterocycles. The van der Waals surface area contributed by atoms with Crippen LogP contribution >= 0.6 is 0 Å². The zero-order valence-electron chi connectivity index (χ0n) is 7.10. The van der Waals surface area contributed by atoms with Gasteiger partial charge in [-0.05, 0) is 42.9 Å². The van der Waals surface area contributed by atoms with E-state index in [1.54, 1.807) is 0 Å². The van der Waals surface area contributed by atoms with Crippen molar-refractivity contribution in [3.05, 3.63) is 22.9 Å². The SMILES string of the molecule is O=CC1=C(C2=CCN2)CCCC1. The van der Waals surface area contributed by atoms with Gasteiger partial charge in [0.25, 0.3) is 0 Å². The maximum Gasteiger partial charge on any atom is 0.146 e. The Morgan fingerprint density at radius 1 is 1.33 bits per heavy atom. The first-order valence-corrected chi connectivity index (χ1v) is 4.53. The summed E-state index contributed by atoms with van der Waals surface area (Å²) in [6.07, 6.45) is 7.63. The van der Waals surface area contributed by atoms with Crippen molar-refractivity contribution in [2.45, 2.75) is 25.7 Å². The van der Waals surface area contributed by atoms with Gasteiger partial charge >= 0.3 is 0 Å². The molecule has 0 amide bonds. The minimum absolute atomic E-state index is 0.963. The van der Waals surface area contributed by atoms with Crippen LogP contribution in [0.15, 0.2) is 22.9 Å². The molecule has 0 fully saturated rings. The maximum atomic E-state index is 10.7. The second-order valence-electron chi connectivity index (χ2n) is 3.33. The molecule has 1 N–H and O–H groups in total. The van der Waals surface area contributed by atoms with Crippen molar-refractivity contribution in [3.8, 4) is 0 Å². The summed E-state index contributed by atoms with van der Waals surface area (Å²) >= 11 is 0. The third kappa shape index (κ3) is 1.17. The monoisotopic (exact) mass is 163 g/mol. The second-order valence-corrected chi connectivity index (χ2v) is 3.33. The lowest BCUT2D eigenvalue weighted by Gasteiger charge is -2.25. The Balaban J connectivity index is 2.27. The molecular weight excluding hydrogens is 150 g/mol. The Morgan fingerprint density at radius 3 is 2.67 bits per heavy atom. The molecule has 0 radical (unpaired) electrons. The average Bonchev–Trinajstić information content (AvgIpc) is 2.02. The van der Waals surface area contributed by atoms with Gasteiger partial charge in [0, 0.05) is 12.2 Å². The fourth-order valence-corrected chi connectivity index (χ4v) is 1.80. The maximum absolute atomic E-state index is 10.7. The molecule has 2 nitrogen and oxygen atoms in total. The Hall–Kier alpha value is -1.05. The third-order valence-corrected chi connectivity index (χ3v) is 2.58. The third-order valence-electron chi connectivity index (χ3n) is 2.58. The Bertz CT molecular complexity index is 263. The molecule has 0 spiro atoms. The molecule has 0 aromatic heterocycles. The van der Waals surface area contributed by atoms with Crippen molar-refractivity contribution in [3.63, 3.8) is 0 Å². The van der Waals surface area contributed by atoms with Crippen molar-refractivity contribution in [2.75, 3.05) is 6.54 Å². The number of carbonyl (C=O) groups excluding carboxylic acids is 1. The number of hydrogen-bond acceptors (Lipinski definition) is 2. The average molecular weight is 163 g/mol. The van der Waals surface area contributed by atoms with Crippen LogP contribution in [0, 0.1) is 0 Å². The van der Waals surface area contributed by atoms with E-state index in [2.05, 4.69) is 11.4 Å². The Morgan fingerprint density at radius 2 is 2.08 bits per heavy atom. The molecule has 2 aliphatic rings. The summed E-state index contributed by atoms with van der Waals surface area (Å²) < 4.78 is 0. The molecule has 0 aromatic carbocycles. The molecular formula is C10H13NO. The van der Waals surface area contributed by atoms with E-state index >= 15 is 0 Å². The lowest BCUT2D eigenvalue weighted by Crippen LogP contribution is -2.26. The highest BCUT2D eigenvalue weighted by molar-refractivity contribution is 5.76. The Labute approximate surface area is 72.3 Å². The van der Waals surface area contributed by atoms with Crippen LogP contribution in [-0.4, -0.2) is 12.8 Å². The standard InChI is InChI=1S/C10H13NO/c12-7-8-3-1-2-4-9(8)10-5-6-11-10/h5,7,11H,1-4,6H2. The van der Waals surface area contributed by atoms with Crippen LogP contribution in [0.5, 0.6) is 0 Å². The molecule has 0 aromatic rings. The van der Waals surface area contributed by atoms with E-state index in [1.165, 1.54) is 24.1 Å². The van der Waals surface area contributed by atoms with Gasteiger partial charge < -0.3 is 5.32 Å². The van der Waals surface area contributed by atoms with Crippen molar-refractivity contribution >= 4 is 6.29 Å². The molecule has 0 saturated heterocycles. The summed E-state index contributed by atoms with van der Waals surface area (Å²) in [7, 11) is 0. The summed E-state index contributed by atoms with van der Waals surface area (Å²) in [6.45, 7) is 0.963. The first kappa shape index (κ1) is 7.59. The van der Waals surface area contributed by atoms with E-state index in [-0.39, 0.29) is 0 Å². The first-order valence-electron chi connectivity index (χ1n) is 4.53. The van der Waals surface area contributed by atoms with Crippen LogP contribution < -0.4 is 5.32 Å². The molecule has 0 unspecified atom stereocenters. The first-order chi connectivity index (χ1) is 5.92. The summed E-state index contributed by atoms with van der Waals surface area (Å²) in [4.78, 5) is 10.7. The van der Waals surface area contributed by atoms with Gasteiger partial charge in [0.15, 0.2) is 0 Å². The van der Waals surface area contributed by atoms with Crippen LogP contribution in [-0.2, 0) is 4.79 Å². The van der Waals surface area contributed by atoms with Crippen molar-refractivity contribution in [2.24, 2.45) is 0 Å². The van der Waals surface area contributed by atoms with Crippen LogP contribution in [0.4, 0.5) is 0 Å². The molecule has 1 aliphatic carbocycles. The van der Waals surface area contributed by atoms with Gasteiger partial charge in [-0.15, -0.1) is 0 Å². The van der Waals surface area contributed by atoms with E-state index in [0.717, 1.165) is 31.2 Å². The van der Waals surface area contributed by atoms with Gasteiger partial charge in [0.05, 0.1) is 0 Å². The van der Waals surface area contributed by atoms with Gasteiger partial charge in [0.2, 0.25) is 0 Å². The van der Waals surface area contributed by atoms with Crippen molar-refractivity contribution in [1.29, 1.82) is 0 Å². The lowest BCUT2D eigenvalue weighted by atomic mass is 9.89. The summed E-state index contributed by atoms with van der Waals surface area (Å²) in [6, 6.07) is 0. The predicted octanol–water partition coefficient (Wildman–Crippen LogP) is 1.54. The largest absolute Gasteiger partial charge is 0.381 e. The number of rotatable bonds is 2. The minimum atomic E-state index is 0.963. The molecule has 1 aliphatic heterocycles. The van der Waals surface area contributed by atoms with Crippen LogP contribution in [0.2, 0.25) is 0 Å². The highest BCUT2D eigenvalue weighted by atomic mass is 16.1. The van der Waals surface area contributed by atoms with Gasteiger partial charge in [-0.3, -0.25) is 4.79 Å². The van der Waals surface area contributed by atoms with Crippen molar-refractivity contribution < 1.29 is 4.79 Å². The second kappa shape index (κ2) is 3.13. The molecule has 2 rings (SSSR count). The number of nitrogens with one attached hydrogen (secondary N) is 1. The highest BCUT2D eigenvalue weighted by Crippen LogP contribution is 2.29. The predicted molar refractivity (Wildman–Crippen MR) is 47.6 cm³/mol. The van der Waals surface area contributed by atoms with Gasteiger partial charge in [-0.2, -0.15) is 0 Å². The minimum Gasteiger partial charge on any atom is -0.381 e. The molecule has 0 bridgehead atoms.